The summed E-state index contributed by atoms with van der Waals surface area (Å²) in [6, 6.07) is 12.5. The van der Waals surface area contributed by atoms with E-state index in [9.17, 15) is 8.42 Å². The molecular formula is C20H23BrN2O2S. The molecule has 0 unspecified atom stereocenters. The molecule has 2 aromatic rings. The summed E-state index contributed by atoms with van der Waals surface area (Å²) >= 11 is 3.50. The standard InChI is InChI=1S/C20H23BrN2O2S/c1-3-20(23-12-4-5-13-23)18-14-16(21)8-11-19(18)22-26(24,25)17-9-6-15(2)7-10-17/h3,6-11,14,20,22H,1,4-5,12-13H2,2H3/t20-/m0/s1. The minimum atomic E-state index is -3.65. The van der Waals surface area contributed by atoms with Gasteiger partial charge in [0.05, 0.1) is 16.6 Å². The fourth-order valence-corrected chi connectivity index (χ4v) is 4.75. The van der Waals surface area contributed by atoms with Crippen molar-refractivity contribution in [3.63, 3.8) is 0 Å². The summed E-state index contributed by atoms with van der Waals surface area (Å²) in [5.74, 6) is 0. The number of likely N-dealkylation sites (tertiary alicyclic amines) is 1. The third-order valence-electron chi connectivity index (χ3n) is 4.67. The lowest BCUT2D eigenvalue weighted by Gasteiger charge is -2.27. The Kier molecular flexibility index (Phi) is 5.85. The van der Waals surface area contributed by atoms with E-state index in [4.69, 9.17) is 0 Å². The first kappa shape index (κ1) is 19.1. The highest BCUT2D eigenvalue weighted by molar-refractivity contribution is 9.10. The summed E-state index contributed by atoms with van der Waals surface area (Å²) in [4.78, 5) is 2.59. The zero-order valence-corrected chi connectivity index (χ0v) is 17.2. The van der Waals surface area contributed by atoms with E-state index >= 15 is 0 Å². The van der Waals surface area contributed by atoms with Crippen molar-refractivity contribution in [3.8, 4) is 0 Å². The predicted octanol–water partition coefficient (Wildman–Crippen LogP) is 4.88. The molecule has 1 fully saturated rings. The second-order valence-electron chi connectivity index (χ2n) is 6.57. The molecule has 1 heterocycles. The van der Waals surface area contributed by atoms with Crippen LogP contribution in [0.2, 0.25) is 0 Å². The molecule has 138 valence electrons. The smallest absolute Gasteiger partial charge is 0.261 e. The Labute approximate surface area is 164 Å². The Morgan fingerprint density at radius 1 is 1.15 bits per heavy atom. The van der Waals surface area contributed by atoms with Crippen LogP contribution in [0, 0.1) is 6.92 Å². The first-order chi connectivity index (χ1) is 12.4. The number of hydrogen-bond donors (Lipinski definition) is 1. The number of aryl methyl sites for hydroxylation is 1. The van der Waals surface area contributed by atoms with E-state index in [1.807, 2.05) is 25.1 Å². The van der Waals surface area contributed by atoms with Crippen molar-refractivity contribution in [2.75, 3.05) is 17.8 Å². The summed E-state index contributed by atoms with van der Waals surface area (Å²) in [5, 5.41) is 0. The molecule has 26 heavy (non-hydrogen) atoms. The van der Waals surface area contributed by atoms with E-state index in [1.165, 1.54) is 0 Å². The third-order valence-corrected chi connectivity index (χ3v) is 6.54. The van der Waals surface area contributed by atoms with Gasteiger partial charge in [-0.2, -0.15) is 0 Å². The van der Waals surface area contributed by atoms with Crippen molar-refractivity contribution in [2.24, 2.45) is 0 Å². The Hall–Kier alpha value is -1.63. The second kappa shape index (κ2) is 7.94. The van der Waals surface area contributed by atoms with Crippen molar-refractivity contribution in [2.45, 2.75) is 30.7 Å². The summed E-state index contributed by atoms with van der Waals surface area (Å²) in [7, 11) is -3.65. The van der Waals surface area contributed by atoms with Crippen LogP contribution in [-0.2, 0) is 10.0 Å². The highest BCUT2D eigenvalue weighted by Gasteiger charge is 2.25. The fourth-order valence-electron chi connectivity index (χ4n) is 3.28. The molecule has 1 atom stereocenters. The normalized spacial score (nSPS) is 16.4. The molecule has 1 N–H and O–H groups in total. The maximum Gasteiger partial charge on any atom is 0.261 e. The molecule has 0 saturated carbocycles. The van der Waals surface area contributed by atoms with Gasteiger partial charge in [0.15, 0.2) is 0 Å². The highest BCUT2D eigenvalue weighted by Crippen LogP contribution is 2.34. The van der Waals surface area contributed by atoms with Crippen LogP contribution in [0.4, 0.5) is 5.69 Å². The van der Waals surface area contributed by atoms with Crippen molar-refractivity contribution < 1.29 is 8.42 Å². The molecule has 1 saturated heterocycles. The van der Waals surface area contributed by atoms with E-state index in [2.05, 4.69) is 32.1 Å². The van der Waals surface area contributed by atoms with Crippen molar-refractivity contribution in [3.05, 3.63) is 70.7 Å². The molecule has 0 aromatic heterocycles. The van der Waals surface area contributed by atoms with Gasteiger partial charge in [-0.3, -0.25) is 9.62 Å². The molecule has 6 heteroatoms. The SMILES string of the molecule is C=C[C@@H](c1cc(Br)ccc1NS(=O)(=O)c1ccc(C)cc1)N1CCCC1. The van der Waals surface area contributed by atoms with Gasteiger partial charge in [0.1, 0.15) is 0 Å². The van der Waals surface area contributed by atoms with Gasteiger partial charge in [-0.25, -0.2) is 8.42 Å². The number of halogens is 1. The Morgan fingerprint density at radius 3 is 2.42 bits per heavy atom. The lowest BCUT2D eigenvalue weighted by atomic mass is 10.0. The van der Waals surface area contributed by atoms with Crippen LogP contribution < -0.4 is 4.72 Å². The van der Waals surface area contributed by atoms with Crippen LogP contribution in [-0.4, -0.2) is 26.4 Å². The molecule has 1 aliphatic rings. The third kappa shape index (κ3) is 4.19. The number of sulfonamides is 1. The van der Waals surface area contributed by atoms with E-state index in [-0.39, 0.29) is 10.9 Å². The number of nitrogens with one attached hydrogen (secondary N) is 1. The summed E-state index contributed by atoms with van der Waals surface area (Å²) in [6.45, 7) is 7.90. The summed E-state index contributed by atoms with van der Waals surface area (Å²) < 4.78 is 29.3. The molecular weight excluding hydrogens is 412 g/mol. The van der Waals surface area contributed by atoms with E-state index in [1.54, 1.807) is 30.3 Å². The minimum absolute atomic E-state index is 0.0225. The minimum Gasteiger partial charge on any atom is -0.293 e. The van der Waals surface area contributed by atoms with Crippen molar-refractivity contribution in [1.82, 2.24) is 4.90 Å². The van der Waals surface area contributed by atoms with Crippen LogP contribution in [0.1, 0.15) is 30.0 Å². The molecule has 0 bridgehead atoms. The largest absolute Gasteiger partial charge is 0.293 e. The fraction of sp³-hybridized carbons (Fsp3) is 0.300. The topological polar surface area (TPSA) is 49.4 Å². The first-order valence-electron chi connectivity index (χ1n) is 8.66. The molecule has 1 aliphatic heterocycles. The number of hydrogen-bond acceptors (Lipinski definition) is 3. The zero-order valence-electron chi connectivity index (χ0n) is 14.8. The number of benzene rings is 2. The van der Waals surface area contributed by atoms with Gasteiger partial charge >= 0.3 is 0 Å². The van der Waals surface area contributed by atoms with E-state index < -0.39 is 10.0 Å². The lowest BCUT2D eigenvalue weighted by Crippen LogP contribution is -2.25. The maximum atomic E-state index is 12.8. The molecule has 0 radical (unpaired) electrons. The van der Waals surface area contributed by atoms with E-state index in [0.717, 1.165) is 41.5 Å². The highest BCUT2D eigenvalue weighted by atomic mass is 79.9. The summed E-state index contributed by atoms with van der Waals surface area (Å²) in [5.41, 5.74) is 2.52. The molecule has 3 rings (SSSR count). The van der Waals surface area contributed by atoms with Gasteiger partial charge in [0.2, 0.25) is 0 Å². The zero-order chi connectivity index (χ0) is 18.7. The van der Waals surface area contributed by atoms with Gasteiger partial charge in [0.25, 0.3) is 10.0 Å². The van der Waals surface area contributed by atoms with E-state index in [0.29, 0.717) is 5.69 Å². The number of nitrogens with zero attached hydrogens (tertiary/aromatic N) is 1. The first-order valence-corrected chi connectivity index (χ1v) is 10.9. The second-order valence-corrected chi connectivity index (χ2v) is 9.17. The Bertz CT molecular complexity index is 889. The monoisotopic (exact) mass is 434 g/mol. The van der Waals surface area contributed by atoms with Crippen LogP contribution in [0.15, 0.2) is 64.5 Å². The van der Waals surface area contributed by atoms with Gasteiger partial charge < -0.3 is 0 Å². The lowest BCUT2D eigenvalue weighted by molar-refractivity contribution is 0.289. The average molecular weight is 435 g/mol. The maximum absolute atomic E-state index is 12.8. The predicted molar refractivity (Wildman–Crippen MR) is 110 cm³/mol. The van der Waals surface area contributed by atoms with Crippen LogP contribution in [0.3, 0.4) is 0 Å². The van der Waals surface area contributed by atoms with Gasteiger partial charge in [-0.1, -0.05) is 39.7 Å². The van der Waals surface area contributed by atoms with Crippen molar-refractivity contribution in [1.29, 1.82) is 0 Å². The molecule has 0 amide bonds. The van der Waals surface area contributed by atoms with Crippen LogP contribution >= 0.6 is 15.9 Å². The van der Waals surface area contributed by atoms with Crippen LogP contribution in [0.5, 0.6) is 0 Å². The van der Waals surface area contributed by atoms with Gasteiger partial charge in [-0.05, 0) is 68.8 Å². The van der Waals surface area contributed by atoms with Crippen LogP contribution in [0.25, 0.3) is 0 Å². The number of rotatable bonds is 6. The average Bonchev–Trinajstić information content (AvgIpc) is 3.12. The van der Waals surface area contributed by atoms with Gasteiger partial charge in [0, 0.05) is 4.47 Å². The molecule has 0 spiro atoms. The quantitative estimate of drug-likeness (QED) is 0.658. The molecule has 2 aromatic carbocycles. The van der Waals surface area contributed by atoms with Gasteiger partial charge in [-0.15, -0.1) is 6.58 Å². The molecule has 4 nitrogen and oxygen atoms in total. The number of anilines is 1. The molecule has 0 aliphatic carbocycles. The van der Waals surface area contributed by atoms with Crippen molar-refractivity contribution >= 4 is 31.6 Å². The Balaban J connectivity index is 1.97. The Morgan fingerprint density at radius 2 is 1.81 bits per heavy atom. The summed E-state index contributed by atoms with van der Waals surface area (Å²) in [6.07, 6.45) is 4.20.